The van der Waals surface area contributed by atoms with Gasteiger partial charge in [0.2, 0.25) is 5.88 Å². The highest BCUT2D eigenvalue weighted by molar-refractivity contribution is 6.06. The fourth-order valence-corrected chi connectivity index (χ4v) is 3.58. The van der Waals surface area contributed by atoms with Gasteiger partial charge >= 0.3 is 11.7 Å². The first kappa shape index (κ1) is 32.2. The fourth-order valence-electron chi connectivity index (χ4n) is 3.58. The monoisotopic (exact) mass is 595 g/mol. The summed E-state index contributed by atoms with van der Waals surface area (Å²) in [6.45, 7) is 10.4. The van der Waals surface area contributed by atoms with Gasteiger partial charge in [-0.15, -0.1) is 0 Å². The smallest absolute Gasteiger partial charge is 0.337 e. The predicted molar refractivity (Wildman–Crippen MR) is 156 cm³/mol. The summed E-state index contributed by atoms with van der Waals surface area (Å²) in [5.74, 6) is -1.97. The number of hydrogen-bond acceptors (Lipinski definition) is 11. The standard InChI is InChI=1S/C29H33N5O9/c1-15(2)41-24-14-18(29(37)40-7)8-9-19(24)30-25(35)20-10-11-22(27(32-20)42-16(3)4)31-26(36)21-12-13-23(34(38)39)28(33-21)43-17(5)6/h8-17H,1-7H3,(H,30,35)(H,31,36). The molecular formula is C29H33N5O9. The number of ether oxygens (including phenoxy) is 4. The molecule has 0 radical (unpaired) electrons. The Kier molecular flexibility index (Phi) is 10.6. The van der Waals surface area contributed by atoms with Gasteiger partial charge in [-0.25, -0.2) is 14.8 Å². The van der Waals surface area contributed by atoms with E-state index in [2.05, 4.69) is 20.6 Å². The molecule has 1 aromatic carbocycles. The molecule has 2 heterocycles. The zero-order chi connectivity index (χ0) is 31.8. The first-order valence-corrected chi connectivity index (χ1v) is 13.3. The lowest BCUT2D eigenvalue weighted by atomic mass is 10.1. The van der Waals surface area contributed by atoms with Crippen LogP contribution in [-0.2, 0) is 4.74 Å². The van der Waals surface area contributed by atoms with Crippen molar-refractivity contribution in [3.8, 4) is 17.5 Å². The second-order valence-electron chi connectivity index (χ2n) is 9.94. The van der Waals surface area contributed by atoms with E-state index in [1.54, 1.807) is 41.5 Å². The summed E-state index contributed by atoms with van der Waals surface area (Å²) in [5, 5.41) is 16.7. The summed E-state index contributed by atoms with van der Waals surface area (Å²) in [6.07, 6.45) is -1.05. The van der Waals surface area contributed by atoms with Crippen LogP contribution in [0.2, 0.25) is 0 Å². The minimum absolute atomic E-state index is 0.0396. The van der Waals surface area contributed by atoms with Crippen molar-refractivity contribution >= 4 is 34.8 Å². The number of carbonyl (C=O) groups is 3. The van der Waals surface area contributed by atoms with Crippen LogP contribution >= 0.6 is 0 Å². The molecule has 0 atom stereocenters. The number of benzene rings is 1. The number of nitrogens with one attached hydrogen (secondary N) is 2. The van der Waals surface area contributed by atoms with Gasteiger partial charge in [-0.2, -0.15) is 0 Å². The van der Waals surface area contributed by atoms with Crippen LogP contribution in [0.15, 0.2) is 42.5 Å². The molecule has 0 aliphatic rings. The average molecular weight is 596 g/mol. The number of methoxy groups -OCH3 is 1. The van der Waals surface area contributed by atoms with Crippen LogP contribution in [0.25, 0.3) is 0 Å². The van der Waals surface area contributed by atoms with Gasteiger partial charge in [0.1, 0.15) is 22.8 Å². The van der Waals surface area contributed by atoms with Crippen molar-refractivity contribution in [3.63, 3.8) is 0 Å². The number of hydrogen-bond donors (Lipinski definition) is 2. The number of aromatic nitrogens is 2. The molecule has 0 aliphatic carbocycles. The number of nitro groups is 1. The van der Waals surface area contributed by atoms with Crippen LogP contribution in [0.4, 0.5) is 17.1 Å². The normalized spacial score (nSPS) is 10.8. The van der Waals surface area contributed by atoms with E-state index in [0.29, 0.717) is 5.69 Å². The number of nitrogens with zero attached hydrogens (tertiary/aromatic N) is 3. The highest BCUT2D eigenvalue weighted by atomic mass is 16.6. The molecule has 2 aromatic heterocycles. The molecule has 43 heavy (non-hydrogen) atoms. The van der Waals surface area contributed by atoms with Crippen LogP contribution < -0.4 is 24.8 Å². The van der Waals surface area contributed by atoms with Gasteiger partial charge in [0.25, 0.3) is 17.7 Å². The molecule has 0 spiro atoms. The molecule has 0 aliphatic heterocycles. The molecule has 0 saturated carbocycles. The Balaban J connectivity index is 1.90. The Hall–Kier alpha value is -5.27. The lowest BCUT2D eigenvalue weighted by molar-refractivity contribution is -0.386. The number of carbonyl (C=O) groups excluding carboxylic acids is 3. The van der Waals surface area contributed by atoms with Crippen molar-refractivity contribution in [1.29, 1.82) is 0 Å². The van der Waals surface area contributed by atoms with Crippen molar-refractivity contribution in [2.75, 3.05) is 17.7 Å². The first-order valence-electron chi connectivity index (χ1n) is 13.3. The maximum Gasteiger partial charge on any atom is 0.337 e. The van der Waals surface area contributed by atoms with Gasteiger partial charge in [-0.3, -0.25) is 19.7 Å². The zero-order valence-corrected chi connectivity index (χ0v) is 24.8. The average Bonchev–Trinajstić information content (AvgIpc) is 2.93. The number of amides is 2. The summed E-state index contributed by atoms with van der Waals surface area (Å²) < 4.78 is 21.7. The van der Waals surface area contributed by atoms with Crippen molar-refractivity contribution in [2.24, 2.45) is 0 Å². The van der Waals surface area contributed by atoms with Crippen molar-refractivity contribution in [3.05, 3.63) is 69.5 Å². The zero-order valence-electron chi connectivity index (χ0n) is 24.8. The van der Waals surface area contributed by atoms with E-state index in [4.69, 9.17) is 18.9 Å². The van der Waals surface area contributed by atoms with E-state index >= 15 is 0 Å². The van der Waals surface area contributed by atoms with Gasteiger partial charge in [0.15, 0.2) is 0 Å². The Bertz CT molecular complexity index is 1520. The lowest BCUT2D eigenvalue weighted by Gasteiger charge is -2.17. The Morgan fingerprint density at radius 1 is 0.744 bits per heavy atom. The fraction of sp³-hybridized carbons (Fsp3) is 0.345. The van der Waals surface area contributed by atoms with Gasteiger partial charge < -0.3 is 29.6 Å². The van der Waals surface area contributed by atoms with Crippen LogP contribution in [0.3, 0.4) is 0 Å². The lowest BCUT2D eigenvalue weighted by Crippen LogP contribution is -2.20. The summed E-state index contributed by atoms with van der Waals surface area (Å²) in [4.78, 5) is 57.2. The minimum Gasteiger partial charge on any atom is -0.489 e. The molecule has 0 bridgehead atoms. The quantitative estimate of drug-likeness (QED) is 0.163. The molecule has 0 unspecified atom stereocenters. The van der Waals surface area contributed by atoms with E-state index in [-0.39, 0.29) is 58.0 Å². The molecule has 3 rings (SSSR count). The SMILES string of the molecule is COC(=O)c1ccc(NC(=O)c2ccc(NC(=O)c3ccc([N+](=O)[O-])c(OC(C)C)n3)c(OC(C)C)n2)c(OC(C)C)c1. The maximum atomic E-state index is 13.2. The molecular weight excluding hydrogens is 562 g/mol. The number of anilines is 2. The third-order valence-electron chi connectivity index (χ3n) is 5.32. The highest BCUT2D eigenvalue weighted by Gasteiger charge is 2.23. The largest absolute Gasteiger partial charge is 0.489 e. The van der Waals surface area contributed by atoms with Gasteiger partial charge in [0.05, 0.1) is 41.6 Å². The summed E-state index contributed by atoms with van der Waals surface area (Å²) in [5.41, 5.74) is 0.0998. The molecule has 228 valence electrons. The first-order chi connectivity index (χ1) is 20.3. The van der Waals surface area contributed by atoms with Gasteiger partial charge in [-0.05, 0) is 77.9 Å². The Morgan fingerprint density at radius 3 is 1.81 bits per heavy atom. The predicted octanol–water partition coefficient (Wildman–Crippen LogP) is 5.04. The molecule has 14 heteroatoms. The second-order valence-corrected chi connectivity index (χ2v) is 9.94. The molecule has 14 nitrogen and oxygen atoms in total. The van der Waals surface area contributed by atoms with E-state index < -0.39 is 28.8 Å². The Labute approximate surface area is 247 Å². The Morgan fingerprint density at radius 2 is 1.26 bits per heavy atom. The van der Waals surface area contributed by atoms with Crippen LogP contribution in [0.1, 0.15) is 72.9 Å². The molecule has 3 aromatic rings. The number of rotatable bonds is 12. The van der Waals surface area contributed by atoms with Crippen LogP contribution in [0.5, 0.6) is 17.5 Å². The molecule has 0 fully saturated rings. The number of pyridine rings is 2. The molecule has 2 N–H and O–H groups in total. The van der Waals surface area contributed by atoms with E-state index in [1.807, 2.05) is 0 Å². The van der Waals surface area contributed by atoms with E-state index in [9.17, 15) is 24.5 Å². The summed E-state index contributed by atoms with van der Waals surface area (Å²) in [7, 11) is 1.26. The van der Waals surface area contributed by atoms with Crippen LogP contribution in [0, 0.1) is 10.1 Å². The van der Waals surface area contributed by atoms with Crippen LogP contribution in [-0.4, -0.2) is 58.1 Å². The van der Waals surface area contributed by atoms with E-state index in [1.165, 1.54) is 43.5 Å². The second kappa shape index (κ2) is 14.1. The van der Waals surface area contributed by atoms with Crippen molar-refractivity contribution < 1.29 is 38.3 Å². The molecule has 2 amide bonds. The minimum atomic E-state index is -0.711. The van der Waals surface area contributed by atoms with E-state index in [0.717, 1.165) is 6.07 Å². The molecule has 0 saturated heterocycles. The third kappa shape index (κ3) is 8.61. The summed E-state index contributed by atoms with van der Waals surface area (Å²) >= 11 is 0. The maximum absolute atomic E-state index is 13.2. The third-order valence-corrected chi connectivity index (χ3v) is 5.32. The van der Waals surface area contributed by atoms with Crippen molar-refractivity contribution in [1.82, 2.24) is 9.97 Å². The van der Waals surface area contributed by atoms with Gasteiger partial charge in [-0.1, -0.05) is 0 Å². The summed E-state index contributed by atoms with van der Waals surface area (Å²) in [6, 6.07) is 9.59. The number of esters is 1. The highest BCUT2D eigenvalue weighted by Crippen LogP contribution is 2.30. The van der Waals surface area contributed by atoms with Gasteiger partial charge in [0, 0.05) is 6.07 Å². The van der Waals surface area contributed by atoms with Crippen molar-refractivity contribution in [2.45, 2.75) is 59.9 Å². The topological polar surface area (TPSA) is 181 Å².